The number of amides is 1. The van der Waals surface area contributed by atoms with Gasteiger partial charge in [0.05, 0.1) is 0 Å². The molecule has 1 heterocycles. The molecular formula is C16H19NO4. The van der Waals surface area contributed by atoms with Crippen LogP contribution >= 0.6 is 0 Å². The van der Waals surface area contributed by atoms with Gasteiger partial charge in [0.15, 0.2) is 0 Å². The predicted molar refractivity (Wildman–Crippen MR) is 79.2 cm³/mol. The molecule has 5 nitrogen and oxygen atoms in total. The summed E-state index contributed by atoms with van der Waals surface area (Å²) in [6.07, 6.45) is 3.41. The number of esters is 1. The second-order valence-electron chi connectivity index (χ2n) is 5.45. The first kappa shape index (κ1) is 15.1. The summed E-state index contributed by atoms with van der Waals surface area (Å²) in [5.74, 6) is 0.214. The van der Waals surface area contributed by atoms with Crippen LogP contribution in [0.4, 0.5) is 0 Å². The summed E-state index contributed by atoms with van der Waals surface area (Å²) in [5.41, 5.74) is 7.46. The summed E-state index contributed by atoms with van der Waals surface area (Å²) in [7, 11) is 0. The molecule has 0 bridgehead atoms. The van der Waals surface area contributed by atoms with Gasteiger partial charge in [-0.3, -0.25) is 9.59 Å². The standard InChI is InChI=1S/C16H19NO4/c1-8-9(2)14-12(10(3)13(8)20-11(4)18)6-7-16(5,21-14)15(17)19/h6-7H,1-5H3,(H2,17,19)/t16-/m0/s1. The first-order valence-corrected chi connectivity index (χ1v) is 6.67. The van der Waals surface area contributed by atoms with Crippen molar-refractivity contribution in [2.45, 2.75) is 40.2 Å². The summed E-state index contributed by atoms with van der Waals surface area (Å²) in [4.78, 5) is 22.8. The number of carbonyl (C=O) groups excluding carboxylic acids is 2. The molecule has 1 atom stereocenters. The fourth-order valence-corrected chi connectivity index (χ4v) is 2.37. The number of rotatable bonds is 2. The molecule has 2 N–H and O–H groups in total. The van der Waals surface area contributed by atoms with Crippen molar-refractivity contribution < 1.29 is 19.1 Å². The van der Waals surface area contributed by atoms with E-state index in [0.717, 1.165) is 22.3 Å². The van der Waals surface area contributed by atoms with E-state index in [9.17, 15) is 9.59 Å². The monoisotopic (exact) mass is 289 g/mol. The Morgan fingerprint density at radius 2 is 1.81 bits per heavy atom. The Morgan fingerprint density at radius 1 is 1.19 bits per heavy atom. The lowest BCUT2D eigenvalue weighted by atomic mass is 9.92. The molecule has 1 amide bonds. The Labute approximate surface area is 123 Å². The quantitative estimate of drug-likeness (QED) is 0.668. The van der Waals surface area contributed by atoms with Gasteiger partial charge >= 0.3 is 5.97 Å². The van der Waals surface area contributed by atoms with Gasteiger partial charge < -0.3 is 15.2 Å². The van der Waals surface area contributed by atoms with Crippen LogP contribution in [0.3, 0.4) is 0 Å². The van der Waals surface area contributed by atoms with E-state index in [-0.39, 0.29) is 5.97 Å². The van der Waals surface area contributed by atoms with Gasteiger partial charge in [0, 0.05) is 18.1 Å². The molecule has 112 valence electrons. The Kier molecular flexibility index (Phi) is 3.53. The summed E-state index contributed by atoms with van der Waals surface area (Å²) in [5, 5.41) is 0. The molecule has 0 saturated carbocycles. The molecule has 0 unspecified atom stereocenters. The smallest absolute Gasteiger partial charge is 0.308 e. The maximum absolute atomic E-state index is 11.6. The minimum atomic E-state index is -1.17. The van der Waals surface area contributed by atoms with E-state index in [1.165, 1.54) is 6.92 Å². The Morgan fingerprint density at radius 3 is 2.33 bits per heavy atom. The maximum Gasteiger partial charge on any atom is 0.308 e. The van der Waals surface area contributed by atoms with E-state index in [2.05, 4.69) is 0 Å². The highest BCUT2D eigenvalue weighted by atomic mass is 16.5. The van der Waals surface area contributed by atoms with Gasteiger partial charge in [0.25, 0.3) is 5.91 Å². The van der Waals surface area contributed by atoms with Crippen molar-refractivity contribution in [1.29, 1.82) is 0 Å². The zero-order chi connectivity index (χ0) is 15.9. The van der Waals surface area contributed by atoms with Crippen LogP contribution in [0.15, 0.2) is 6.08 Å². The molecule has 0 radical (unpaired) electrons. The van der Waals surface area contributed by atoms with Crippen molar-refractivity contribution in [2.75, 3.05) is 0 Å². The van der Waals surface area contributed by atoms with Gasteiger partial charge in [0.2, 0.25) is 5.60 Å². The summed E-state index contributed by atoms with van der Waals surface area (Å²) < 4.78 is 11.1. The fraction of sp³-hybridized carbons (Fsp3) is 0.375. The Balaban J connectivity index is 2.65. The third-order valence-corrected chi connectivity index (χ3v) is 3.85. The molecule has 0 fully saturated rings. The number of primary amides is 1. The highest BCUT2D eigenvalue weighted by Crippen LogP contribution is 2.42. The SMILES string of the molecule is CC(=O)Oc1c(C)c(C)c2c(c1C)C=C[C@@](C)(C(N)=O)O2. The molecule has 0 aromatic heterocycles. The van der Waals surface area contributed by atoms with Crippen LogP contribution < -0.4 is 15.2 Å². The molecule has 0 spiro atoms. The van der Waals surface area contributed by atoms with Gasteiger partial charge in [-0.05, 0) is 44.9 Å². The van der Waals surface area contributed by atoms with Crippen LogP contribution in [0.25, 0.3) is 6.08 Å². The zero-order valence-electron chi connectivity index (χ0n) is 12.9. The number of hydrogen-bond donors (Lipinski definition) is 1. The lowest BCUT2D eigenvalue weighted by molar-refractivity contribution is -0.132. The summed E-state index contributed by atoms with van der Waals surface area (Å²) >= 11 is 0. The largest absolute Gasteiger partial charge is 0.473 e. The number of hydrogen-bond acceptors (Lipinski definition) is 4. The highest BCUT2D eigenvalue weighted by molar-refractivity contribution is 5.89. The minimum absolute atomic E-state index is 0.372. The first-order chi connectivity index (χ1) is 9.67. The van der Waals surface area contributed by atoms with Gasteiger partial charge in [-0.25, -0.2) is 0 Å². The van der Waals surface area contributed by atoms with Crippen LogP contribution in [-0.2, 0) is 9.59 Å². The third kappa shape index (κ3) is 2.39. The second-order valence-corrected chi connectivity index (χ2v) is 5.45. The average molecular weight is 289 g/mol. The van der Waals surface area contributed by atoms with Gasteiger partial charge in [-0.1, -0.05) is 6.08 Å². The van der Waals surface area contributed by atoms with Crippen molar-refractivity contribution >= 4 is 18.0 Å². The van der Waals surface area contributed by atoms with E-state index >= 15 is 0 Å². The van der Waals surface area contributed by atoms with Crippen LogP contribution in [0, 0.1) is 20.8 Å². The molecule has 1 aromatic rings. The van der Waals surface area contributed by atoms with Crippen LogP contribution in [0.5, 0.6) is 11.5 Å². The topological polar surface area (TPSA) is 78.6 Å². The second kappa shape index (κ2) is 4.91. The number of ether oxygens (including phenoxy) is 2. The van der Waals surface area contributed by atoms with Crippen molar-refractivity contribution in [3.05, 3.63) is 28.3 Å². The molecule has 5 heteroatoms. The molecule has 1 aliphatic heterocycles. The minimum Gasteiger partial charge on any atom is -0.473 e. The zero-order valence-corrected chi connectivity index (χ0v) is 12.9. The molecule has 2 rings (SSSR count). The molecule has 0 aliphatic carbocycles. The van der Waals surface area contributed by atoms with Crippen LogP contribution in [0.2, 0.25) is 0 Å². The lowest BCUT2D eigenvalue weighted by Crippen LogP contribution is -2.45. The number of benzene rings is 1. The normalized spacial score (nSPS) is 19.7. The number of nitrogens with two attached hydrogens (primary N) is 1. The summed E-state index contributed by atoms with van der Waals surface area (Å²) in [6, 6.07) is 0. The fourth-order valence-electron chi connectivity index (χ4n) is 2.37. The molecular weight excluding hydrogens is 270 g/mol. The number of carbonyl (C=O) groups is 2. The molecule has 21 heavy (non-hydrogen) atoms. The maximum atomic E-state index is 11.6. The van der Waals surface area contributed by atoms with Gasteiger partial charge in [0.1, 0.15) is 11.5 Å². The van der Waals surface area contributed by atoms with Crippen molar-refractivity contribution in [2.24, 2.45) is 5.73 Å². The molecule has 1 aromatic carbocycles. The highest BCUT2D eigenvalue weighted by Gasteiger charge is 2.36. The first-order valence-electron chi connectivity index (χ1n) is 6.67. The van der Waals surface area contributed by atoms with Crippen molar-refractivity contribution in [3.63, 3.8) is 0 Å². The summed E-state index contributed by atoms with van der Waals surface area (Å²) in [6.45, 7) is 8.55. The van der Waals surface area contributed by atoms with E-state index in [4.69, 9.17) is 15.2 Å². The van der Waals surface area contributed by atoms with E-state index in [1.54, 1.807) is 19.1 Å². The van der Waals surface area contributed by atoms with E-state index < -0.39 is 11.5 Å². The molecule has 0 saturated heterocycles. The van der Waals surface area contributed by atoms with E-state index in [0.29, 0.717) is 11.5 Å². The van der Waals surface area contributed by atoms with Crippen molar-refractivity contribution in [1.82, 2.24) is 0 Å². The molecule has 1 aliphatic rings. The lowest BCUT2D eigenvalue weighted by Gasteiger charge is -2.31. The van der Waals surface area contributed by atoms with Crippen LogP contribution in [-0.4, -0.2) is 17.5 Å². The Hall–Kier alpha value is -2.30. The van der Waals surface area contributed by atoms with Crippen molar-refractivity contribution in [3.8, 4) is 11.5 Å². The number of fused-ring (bicyclic) bond motifs is 1. The third-order valence-electron chi connectivity index (χ3n) is 3.85. The van der Waals surface area contributed by atoms with Gasteiger partial charge in [-0.15, -0.1) is 0 Å². The average Bonchev–Trinajstić information content (AvgIpc) is 2.40. The van der Waals surface area contributed by atoms with Crippen LogP contribution in [0.1, 0.15) is 36.1 Å². The Bertz CT molecular complexity index is 676. The predicted octanol–water partition coefficient (Wildman–Crippen LogP) is 2.19. The van der Waals surface area contributed by atoms with Gasteiger partial charge in [-0.2, -0.15) is 0 Å². The van der Waals surface area contributed by atoms with E-state index in [1.807, 2.05) is 20.8 Å².